The van der Waals surface area contributed by atoms with Crippen LogP contribution in [0.3, 0.4) is 0 Å². The number of nitro benzene ring substituents is 1. The Morgan fingerprint density at radius 2 is 2.16 bits per heavy atom. The molecule has 1 atom stereocenters. The van der Waals surface area contributed by atoms with Gasteiger partial charge >= 0.3 is 0 Å². The molecule has 0 aliphatic heterocycles. The number of nitrogen functional groups attached to an aromatic ring is 1. The smallest absolute Gasteiger partial charge is 0.273 e. The van der Waals surface area contributed by atoms with Crippen molar-refractivity contribution in [2.45, 2.75) is 13.0 Å². The number of hydrogen-bond donors (Lipinski definition) is 2. The molecule has 1 aromatic heterocycles. The molecule has 0 fully saturated rings. The van der Waals surface area contributed by atoms with E-state index in [1.165, 1.54) is 12.1 Å². The molecule has 1 unspecified atom stereocenters. The van der Waals surface area contributed by atoms with Crippen molar-refractivity contribution in [2.24, 2.45) is 0 Å². The highest BCUT2D eigenvalue weighted by molar-refractivity contribution is 5.62. The number of anilines is 2. The van der Waals surface area contributed by atoms with Gasteiger partial charge in [-0.3, -0.25) is 15.1 Å². The fourth-order valence-corrected chi connectivity index (χ4v) is 1.78. The van der Waals surface area contributed by atoms with E-state index in [1.54, 1.807) is 12.3 Å². The van der Waals surface area contributed by atoms with Gasteiger partial charge in [0.25, 0.3) is 5.69 Å². The molecule has 0 bridgehead atoms. The molecule has 1 heterocycles. The number of rotatable bonds is 4. The summed E-state index contributed by atoms with van der Waals surface area (Å²) in [5.41, 5.74) is 7.43. The number of aromatic nitrogens is 1. The van der Waals surface area contributed by atoms with Crippen molar-refractivity contribution >= 4 is 17.1 Å². The molecule has 0 amide bonds. The average Bonchev–Trinajstić information content (AvgIpc) is 2.39. The zero-order chi connectivity index (χ0) is 13.8. The molecule has 98 valence electrons. The molecular formula is C13H14N4O2. The van der Waals surface area contributed by atoms with Crippen LogP contribution in [0.15, 0.2) is 42.6 Å². The molecule has 0 aliphatic carbocycles. The Morgan fingerprint density at radius 1 is 1.37 bits per heavy atom. The van der Waals surface area contributed by atoms with E-state index in [0.29, 0.717) is 11.4 Å². The molecule has 19 heavy (non-hydrogen) atoms. The van der Waals surface area contributed by atoms with Crippen LogP contribution in [0.2, 0.25) is 0 Å². The second-order valence-corrected chi connectivity index (χ2v) is 4.19. The Hall–Kier alpha value is -2.63. The van der Waals surface area contributed by atoms with Gasteiger partial charge < -0.3 is 11.1 Å². The van der Waals surface area contributed by atoms with E-state index < -0.39 is 4.92 Å². The number of non-ortho nitro benzene ring substituents is 1. The van der Waals surface area contributed by atoms with Gasteiger partial charge in [-0.05, 0) is 25.1 Å². The first kappa shape index (κ1) is 12.8. The molecule has 2 aromatic rings. The number of pyridine rings is 1. The summed E-state index contributed by atoms with van der Waals surface area (Å²) in [6.45, 7) is 1.93. The Kier molecular flexibility index (Phi) is 3.61. The van der Waals surface area contributed by atoms with Gasteiger partial charge in [-0.15, -0.1) is 0 Å². The zero-order valence-corrected chi connectivity index (χ0v) is 10.4. The molecule has 0 spiro atoms. The van der Waals surface area contributed by atoms with Crippen molar-refractivity contribution in [2.75, 3.05) is 11.1 Å². The lowest BCUT2D eigenvalue weighted by Crippen LogP contribution is -2.08. The van der Waals surface area contributed by atoms with Gasteiger partial charge in [0.2, 0.25) is 0 Å². The Bertz CT molecular complexity index is 586. The number of benzene rings is 1. The summed E-state index contributed by atoms with van der Waals surface area (Å²) in [6.07, 6.45) is 1.70. The number of nitro groups is 1. The third-order valence-electron chi connectivity index (χ3n) is 2.67. The minimum atomic E-state index is -0.465. The molecule has 1 aromatic carbocycles. The highest BCUT2D eigenvalue weighted by Crippen LogP contribution is 2.25. The molecule has 6 heteroatoms. The summed E-state index contributed by atoms with van der Waals surface area (Å²) in [7, 11) is 0. The number of hydrogen-bond acceptors (Lipinski definition) is 5. The molecule has 0 aliphatic rings. The largest absolute Gasteiger partial charge is 0.398 e. The Balaban J connectivity index is 2.21. The maximum absolute atomic E-state index is 10.8. The lowest BCUT2D eigenvalue weighted by atomic mass is 10.2. The maximum Gasteiger partial charge on any atom is 0.273 e. The first-order valence-electron chi connectivity index (χ1n) is 5.78. The summed E-state index contributed by atoms with van der Waals surface area (Å²) in [5.74, 6) is 0. The minimum Gasteiger partial charge on any atom is -0.398 e. The van der Waals surface area contributed by atoms with E-state index in [4.69, 9.17) is 5.73 Å². The summed E-state index contributed by atoms with van der Waals surface area (Å²) in [5, 5.41) is 13.9. The quantitative estimate of drug-likeness (QED) is 0.499. The Labute approximate surface area is 110 Å². The molecule has 0 radical (unpaired) electrons. The number of nitrogens with one attached hydrogen (secondary N) is 1. The highest BCUT2D eigenvalue weighted by atomic mass is 16.6. The van der Waals surface area contributed by atoms with E-state index in [9.17, 15) is 10.1 Å². The average molecular weight is 258 g/mol. The monoisotopic (exact) mass is 258 g/mol. The van der Waals surface area contributed by atoms with Crippen molar-refractivity contribution in [1.29, 1.82) is 0 Å². The van der Waals surface area contributed by atoms with Gasteiger partial charge in [0.05, 0.1) is 16.7 Å². The van der Waals surface area contributed by atoms with Gasteiger partial charge in [0, 0.05) is 29.7 Å². The molecule has 0 saturated carbocycles. The SMILES string of the molecule is CC(Nc1cc(N)cc([N+](=O)[O-])c1)c1ccccn1. The topological polar surface area (TPSA) is 94.1 Å². The predicted octanol–water partition coefficient (Wildman–Crippen LogP) is 2.75. The van der Waals surface area contributed by atoms with E-state index in [1.807, 2.05) is 25.1 Å². The Morgan fingerprint density at radius 3 is 2.79 bits per heavy atom. The molecule has 3 N–H and O–H groups in total. The molecule has 2 rings (SSSR count). The second kappa shape index (κ2) is 5.34. The fourth-order valence-electron chi connectivity index (χ4n) is 1.78. The van der Waals surface area contributed by atoms with Crippen molar-refractivity contribution in [1.82, 2.24) is 4.98 Å². The van der Waals surface area contributed by atoms with Crippen LogP contribution in [0.25, 0.3) is 0 Å². The summed E-state index contributed by atoms with van der Waals surface area (Å²) in [4.78, 5) is 14.5. The van der Waals surface area contributed by atoms with Gasteiger partial charge in [0.1, 0.15) is 0 Å². The molecule has 0 saturated heterocycles. The van der Waals surface area contributed by atoms with Crippen molar-refractivity contribution in [3.63, 3.8) is 0 Å². The maximum atomic E-state index is 10.8. The van der Waals surface area contributed by atoms with Crippen LogP contribution in [-0.2, 0) is 0 Å². The number of nitrogens with zero attached hydrogens (tertiary/aromatic N) is 2. The van der Waals surface area contributed by atoms with Gasteiger partial charge in [-0.1, -0.05) is 6.07 Å². The van der Waals surface area contributed by atoms with E-state index in [2.05, 4.69) is 10.3 Å². The third kappa shape index (κ3) is 3.19. The van der Waals surface area contributed by atoms with Crippen LogP contribution < -0.4 is 11.1 Å². The summed E-state index contributed by atoms with van der Waals surface area (Å²) in [6, 6.07) is 9.99. The predicted molar refractivity (Wildman–Crippen MR) is 73.8 cm³/mol. The van der Waals surface area contributed by atoms with E-state index in [-0.39, 0.29) is 11.7 Å². The van der Waals surface area contributed by atoms with Crippen LogP contribution >= 0.6 is 0 Å². The van der Waals surface area contributed by atoms with Crippen LogP contribution in [0, 0.1) is 10.1 Å². The van der Waals surface area contributed by atoms with Crippen LogP contribution in [-0.4, -0.2) is 9.91 Å². The van der Waals surface area contributed by atoms with Gasteiger partial charge in [0.15, 0.2) is 0 Å². The lowest BCUT2D eigenvalue weighted by Gasteiger charge is -2.14. The van der Waals surface area contributed by atoms with Crippen molar-refractivity contribution in [3.8, 4) is 0 Å². The number of nitrogens with two attached hydrogens (primary N) is 1. The van der Waals surface area contributed by atoms with Crippen molar-refractivity contribution in [3.05, 3.63) is 58.4 Å². The van der Waals surface area contributed by atoms with Crippen LogP contribution in [0.4, 0.5) is 17.1 Å². The molecule has 6 nitrogen and oxygen atoms in total. The summed E-state index contributed by atoms with van der Waals surface area (Å²) >= 11 is 0. The van der Waals surface area contributed by atoms with Crippen LogP contribution in [0.1, 0.15) is 18.7 Å². The minimum absolute atomic E-state index is 0.0317. The second-order valence-electron chi connectivity index (χ2n) is 4.19. The molecular weight excluding hydrogens is 244 g/mol. The van der Waals surface area contributed by atoms with Gasteiger partial charge in [-0.25, -0.2) is 0 Å². The first-order valence-corrected chi connectivity index (χ1v) is 5.78. The fraction of sp³-hybridized carbons (Fsp3) is 0.154. The normalized spacial score (nSPS) is 11.8. The van der Waals surface area contributed by atoms with E-state index >= 15 is 0 Å². The zero-order valence-electron chi connectivity index (χ0n) is 10.4. The highest BCUT2D eigenvalue weighted by Gasteiger charge is 2.11. The lowest BCUT2D eigenvalue weighted by molar-refractivity contribution is -0.384. The summed E-state index contributed by atoms with van der Waals surface area (Å²) < 4.78 is 0. The van der Waals surface area contributed by atoms with Crippen LogP contribution in [0.5, 0.6) is 0 Å². The van der Waals surface area contributed by atoms with E-state index in [0.717, 1.165) is 5.69 Å². The standard InChI is InChI=1S/C13H14N4O2/c1-9(13-4-2-3-5-15-13)16-11-6-10(14)7-12(8-11)17(18)19/h2-9,16H,14H2,1H3. The van der Waals surface area contributed by atoms with Crippen molar-refractivity contribution < 1.29 is 4.92 Å². The van der Waals surface area contributed by atoms with Gasteiger partial charge in [-0.2, -0.15) is 0 Å². The first-order chi connectivity index (χ1) is 9.06. The third-order valence-corrected chi connectivity index (χ3v) is 2.67.